The first-order valence-electron chi connectivity index (χ1n) is 19.4. The number of unbranched alkanes of at least 4 members (excludes halogenated alkanes) is 18. The molecule has 0 aromatic heterocycles. The Morgan fingerprint density at radius 2 is 0.958 bits per heavy atom. The fourth-order valence-corrected chi connectivity index (χ4v) is 5.66. The standard InChI is InChI=1S/C42H68O6/c1-3-5-7-9-11-13-15-17-19-21-23-25-30-34-39(44)47-38(36-43)42(41(46)37-32-28-27-29-33-37)48-40(45)35-31-26-24-22-20-18-16-14-12-10-8-6-4-2/h13-16,27-29,32-33,38,42-43H,3-12,17-26,30-31,34-36H2,1-2H3/b15-13-,16-14-. The number of esters is 2. The maximum atomic E-state index is 13.3. The molecule has 2 unspecified atom stereocenters. The smallest absolute Gasteiger partial charge is 0.306 e. The Balaban J connectivity index is 2.40. The molecule has 48 heavy (non-hydrogen) atoms. The second-order valence-electron chi connectivity index (χ2n) is 13.1. The molecule has 6 heteroatoms. The summed E-state index contributed by atoms with van der Waals surface area (Å²) in [4.78, 5) is 38.8. The zero-order chi connectivity index (χ0) is 34.9. The molecule has 1 aromatic carbocycles. The molecule has 1 rings (SSSR count). The lowest BCUT2D eigenvalue weighted by atomic mass is 10.0. The van der Waals surface area contributed by atoms with E-state index in [1.807, 2.05) is 0 Å². The van der Waals surface area contributed by atoms with Gasteiger partial charge in [0.05, 0.1) is 6.61 Å². The van der Waals surface area contributed by atoms with Gasteiger partial charge in [-0.05, 0) is 64.2 Å². The first-order valence-corrected chi connectivity index (χ1v) is 19.4. The van der Waals surface area contributed by atoms with Crippen LogP contribution < -0.4 is 0 Å². The summed E-state index contributed by atoms with van der Waals surface area (Å²) in [6.07, 6.45) is 31.6. The number of aliphatic hydroxyl groups excluding tert-OH is 1. The lowest BCUT2D eigenvalue weighted by molar-refractivity contribution is -0.167. The monoisotopic (exact) mass is 669 g/mol. The summed E-state index contributed by atoms with van der Waals surface area (Å²) in [5, 5.41) is 10.1. The van der Waals surface area contributed by atoms with Crippen molar-refractivity contribution in [1.82, 2.24) is 0 Å². The molecule has 0 aliphatic heterocycles. The van der Waals surface area contributed by atoms with Crippen LogP contribution in [0, 0.1) is 0 Å². The fourth-order valence-electron chi connectivity index (χ4n) is 5.66. The predicted molar refractivity (Wildman–Crippen MR) is 198 cm³/mol. The molecular formula is C42H68O6. The Bertz CT molecular complexity index is 985. The maximum Gasteiger partial charge on any atom is 0.306 e. The third kappa shape index (κ3) is 23.6. The van der Waals surface area contributed by atoms with Crippen LogP contribution in [0.1, 0.15) is 178 Å². The van der Waals surface area contributed by atoms with Crippen LogP contribution in [0.3, 0.4) is 0 Å². The Morgan fingerprint density at radius 1 is 0.562 bits per heavy atom. The number of rotatable bonds is 32. The van der Waals surface area contributed by atoms with Gasteiger partial charge >= 0.3 is 11.9 Å². The van der Waals surface area contributed by atoms with E-state index in [2.05, 4.69) is 38.2 Å². The van der Waals surface area contributed by atoms with Gasteiger partial charge in [0.2, 0.25) is 11.9 Å². The highest BCUT2D eigenvalue weighted by Crippen LogP contribution is 2.17. The van der Waals surface area contributed by atoms with Crippen molar-refractivity contribution in [2.45, 2.75) is 180 Å². The van der Waals surface area contributed by atoms with E-state index in [4.69, 9.17) is 9.47 Å². The topological polar surface area (TPSA) is 89.9 Å². The van der Waals surface area contributed by atoms with Crippen molar-refractivity contribution in [3.8, 4) is 0 Å². The summed E-state index contributed by atoms with van der Waals surface area (Å²) in [7, 11) is 0. The van der Waals surface area contributed by atoms with Crippen molar-refractivity contribution in [2.75, 3.05) is 6.61 Å². The van der Waals surface area contributed by atoms with Gasteiger partial charge in [0.1, 0.15) is 0 Å². The lowest BCUT2D eigenvalue weighted by Crippen LogP contribution is -2.43. The van der Waals surface area contributed by atoms with Crippen molar-refractivity contribution in [3.63, 3.8) is 0 Å². The molecular weight excluding hydrogens is 600 g/mol. The van der Waals surface area contributed by atoms with E-state index in [1.54, 1.807) is 30.3 Å². The minimum Gasteiger partial charge on any atom is -0.455 e. The van der Waals surface area contributed by atoms with Gasteiger partial charge in [-0.25, -0.2) is 0 Å². The molecule has 0 saturated carbocycles. The van der Waals surface area contributed by atoms with Crippen molar-refractivity contribution in [3.05, 3.63) is 60.2 Å². The Labute approximate surface area is 293 Å². The molecule has 0 radical (unpaired) electrons. The van der Waals surface area contributed by atoms with Crippen LogP contribution in [0.15, 0.2) is 54.6 Å². The van der Waals surface area contributed by atoms with Crippen LogP contribution >= 0.6 is 0 Å². The minimum atomic E-state index is -1.39. The second-order valence-corrected chi connectivity index (χ2v) is 13.1. The van der Waals surface area contributed by atoms with Crippen molar-refractivity contribution in [2.24, 2.45) is 0 Å². The van der Waals surface area contributed by atoms with Crippen molar-refractivity contribution in [1.29, 1.82) is 0 Å². The van der Waals surface area contributed by atoms with Crippen LogP contribution in [0.5, 0.6) is 0 Å². The van der Waals surface area contributed by atoms with Crippen LogP contribution in [-0.4, -0.2) is 41.6 Å². The highest BCUT2D eigenvalue weighted by atomic mass is 16.6. The maximum absolute atomic E-state index is 13.3. The predicted octanol–water partition coefficient (Wildman–Crippen LogP) is 11.2. The molecule has 2 atom stereocenters. The van der Waals surface area contributed by atoms with Gasteiger partial charge in [-0.1, -0.05) is 146 Å². The van der Waals surface area contributed by atoms with E-state index in [0.717, 1.165) is 64.2 Å². The van der Waals surface area contributed by atoms with Crippen LogP contribution in [0.2, 0.25) is 0 Å². The quantitative estimate of drug-likeness (QED) is 0.0356. The molecule has 6 nitrogen and oxygen atoms in total. The summed E-state index contributed by atoms with van der Waals surface area (Å²) < 4.78 is 11.1. The molecule has 1 N–H and O–H groups in total. The number of hydrogen-bond acceptors (Lipinski definition) is 6. The molecule has 0 saturated heterocycles. The third-order valence-corrected chi connectivity index (χ3v) is 8.66. The molecule has 0 spiro atoms. The first kappa shape index (κ1) is 43.3. The van der Waals surface area contributed by atoms with Gasteiger partial charge in [0, 0.05) is 18.4 Å². The number of hydrogen-bond donors (Lipinski definition) is 1. The molecule has 0 aliphatic rings. The van der Waals surface area contributed by atoms with Crippen molar-refractivity contribution >= 4 is 17.7 Å². The number of allylic oxidation sites excluding steroid dienone is 4. The average Bonchev–Trinajstić information content (AvgIpc) is 3.10. The molecule has 0 heterocycles. The van der Waals surface area contributed by atoms with Gasteiger partial charge in [-0.2, -0.15) is 0 Å². The van der Waals surface area contributed by atoms with Gasteiger partial charge in [0.15, 0.2) is 6.10 Å². The summed E-state index contributed by atoms with van der Waals surface area (Å²) in [5.41, 5.74) is 0.339. The summed E-state index contributed by atoms with van der Waals surface area (Å²) in [5.74, 6) is -1.49. The summed E-state index contributed by atoms with van der Waals surface area (Å²) >= 11 is 0. The van der Waals surface area contributed by atoms with Crippen molar-refractivity contribution < 1.29 is 29.0 Å². The van der Waals surface area contributed by atoms with Crippen LogP contribution in [0.4, 0.5) is 0 Å². The largest absolute Gasteiger partial charge is 0.455 e. The number of carbonyl (C=O) groups is 3. The zero-order valence-electron chi connectivity index (χ0n) is 30.5. The third-order valence-electron chi connectivity index (χ3n) is 8.66. The summed E-state index contributed by atoms with van der Waals surface area (Å²) in [6.45, 7) is 3.85. The fraction of sp³-hybridized carbons (Fsp3) is 0.690. The molecule has 1 aromatic rings. The molecule has 0 bridgehead atoms. The molecule has 272 valence electrons. The Morgan fingerprint density at radius 3 is 1.40 bits per heavy atom. The van der Waals surface area contributed by atoms with Gasteiger partial charge < -0.3 is 14.6 Å². The van der Waals surface area contributed by atoms with E-state index in [-0.39, 0.29) is 12.8 Å². The van der Waals surface area contributed by atoms with Gasteiger partial charge in [0.25, 0.3) is 0 Å². The van der Waals surface area contributed by atoms with Crippen LogP contribution in [0.25, 0.3) is 0 Å². The number of Topliss-reactive ketones (excluding diaryl/α,β-unsaturated/α-hetero) is 1. The van der Waals surface area contributed by atoms with E-state index < -0.39 is 36.5 Å². The molecule has 0 fully saturated rings. The van der Waals surface area contributed by atoms with E-state index in [9.17, 15) is 19.5 Å². The SMILES string of the molecule is CCCCCC/C=C\CCCCCCCC(=O)OC(CO)C(OC(=O)CCCCCCC/C=C\CCCCCC)C(=O)c1ccccc1. The number of benzene rings is 1. The highest BCUT2D eigenvalue weighted by Gasteiger charge is 2.35. The van der Waals surface area contributed by atoms with E-state index in [0.29, 0.717) is 18.4 Å². The van der Waals surface area contributed by atoms with E-state index >= 15 is 0 Å². The van der Waals surface area contributed by atoms with Gasteiger partial charge in [-0.3, -0.25) is 14.4 Å². The average molecular weight is 669 g/mol. The first-order chi connectivity index (χ1) is 23.5. The van der Waals surface area contributed by atoms with Gasteiger partial charge in [-0.15, -0.1) is 0 Å². The zero-order valence-corrected chi connectivity index (χ0v) is 30.5. The molecule has 0 amide bonds. The minimum absolute atomic E-state index is 0.178. The number of ether oxygens (including phenoxy) is 2. The Kier molecular flexibility index (Phi) is 28.4. The number of ketones is 1. The van der Waals surface area contributed by atoms with E-state index in [1.165, 1.54) is 64.2 Å². The normalized spacial score (nSPS) is 12.8. The summed E-state index contributed by atoms with van der Waals surface area (Å²) in [6, 6.07) is 8.49. The van der Waals surface area contributed by atoms with Crippen LogP contribution in [-0.2, 0) is 19.1 Å². The second kappa shape index (κ2) is 31.5. The molecule has 0 aliphatic carbocycles. The Hall–Kier alpha value is -2.73. The number of aliphatic hydroxyl groups is 1. The highest BCUT2D eigenvalue weighted by molar-refractivity contribution is 6.01. The number of carbonyl (C=O) groups excluding carboxylic acids is 3. The lowest BCUT2D eigenvalue weighted by Gasteiger charge is -2.25.